The first-order valence-electron chi connectivity index (χ1n) is 6.69. The van der Waals surface area contributed by atoms with Crippen molar-refractivity contribution in [2.75, 3.05) is 6.61 Å². The average Bonchev–Trinajstić information content (AvgIpc) is 2.77. The van der Waals surface area contributed by atoms with Gasteiger partial charge in [0.1, 0.15) is 10.9 Å². The van der Waals surface area contributed by atoms with Crippen LogP contribution in [-0.2, 0) is 6.61 Å². The van der Waals surface area contributed by atoms with E-state index in [9.17, 15) is 5.11 Å². The predicted molar refractivity (Wildman–Crippen MR) is 79.8 cm³/mol. The van der Waals surface area contributed by atoms with Gasteiger partial charge in [0.05, 0.1) is 24.6 Å². The lowest BCUT2D eigenvalue weighted by Crippen LogP contribution is -1.99. The van der Waals surface area contributed by atoms with Crippen LogP contribution in [0.3, 0.4) is 0 Å². The Hall–Kier alpha value is -1.52. The Kier molecular flexibility index (Phi) is 4.68. The molecule has 0 fully saturated rings. The molecule has 4 nitrogen and oxygen atoms in total. The Balaban J connectivity index is 2.42. The van der Waals surface area contributed by atoms with Crippen molar-refractivity contribution in [2.45, 2.75) is 33.3 Å². The summed E-state index contributed by atoms with van der Waals surface area (Å²) >= 11 is 6.32. The number of halogens is 1. The summed E-state index contributed by atoms with van der Waals surface area (Å²) in [6.45, 7) is 6.53. The molecule has 1 heterocycles. The molecule has 0 bridgehead atoms. The van der Waals surface area contributed by atoms with E-state index in [1.165, 1.54) is 0 Å². The highest BCUT2D eigenvalue weighted by molar-refractivity contribution is 6.30. The van der Waals surface area contributed by atoms with E-state index in [4.69, 9.17) is 16.3 Å². The first-order chi connectivity index (χ1) is 9.58. The zero-order valence-corrected chi connectivity index (χ0v) is 12.7. The molecule has 0 saturated heterocycles. The van der Waals surface area contributed by atoms with Gasteiger partial charge in [-0.1, -0.05) is 25.4 Å². The summed E-state index contributed by atoms with van der Waals surface area (Å²) in [5, 5.41) is 14.4. The van der Waals surface area contributed by atoms with Gasteiger partial charge in [0.25, 0.3) is 0 Å². The van der Waals surface area contributed by atoms with Crippen molar-refractivity contribution in [3.8, 4) is 11.4 Å². The zero-order valence-electron chi connectivity index (χ0n) is 11.9. The number of aliphatic hydroxyl groups excluding tert-OH is 1. The van der Waals surface area contributed by atoms with Gasteiger partial charge in [-0.15, -0.1) is 0 Å². The van der Waals surface area contributed by atoms with Crippen LogP contribution in [-0.4, -0.2) is 21.5 Å². The van der Waals surface area contributed by atoms with E-state index in [0.29, 0.717) is 17.3 Å². The van der Waals surface area contributed by atoms with E-state index >= 15 is 0 Å². The van der Waals surface area contributed by atoms with Crippen LogP contribution in [0.1, 0.15) is 37.9 Å². The highest BCUT2D eigenvalue weighted by Gasteiger charge is 2.18. The number of hydrogen-bond donors (Lipinski definition) is 1. The third-order valence-corrected chi connectivity index (χ3v) is 3.44. The van der Waals surface area contributed by atoms with E-state index in [-0.39, 0.29) is 12.5 Å². The predicted octanol–water partition coefficient (Wildman–Crippen LogP) is 3.54. The van der Waals surface area contributed by atoms with Crippen molar-refractivity contribution in [1.29, 1.82) is 0 Å². The van der Waals surface area contributed by atoms with Gasteiger partial charge in [-0.3, -0.25) is 0 Å². The minimum absolute atomic E-state index is 0.108. The molecule has 0 saturated carbocycles. The van der Waals surface area contributed by atoms with E-state index in [1.54, 1.807) is 4.68 Å². The molecule has 2 aromatic rings. The quantitative estimate of drug-likeness (QED) is 0.917. The van der Waals surface area contributed by atoms with Gasteiger partial charge < -0.3 is 9.84 Å². The van der Waals surface area contributed by atoms with Gasteiger partial charge >= 0.3 is 0 Å². The van der Waals surface area contributed by atoms with Crippen molar-refractivity contribution >= 4 is 11.6 Å². The third kappa shape index (κ3) is 2.81. The van der Waals surface area contributed by atoms with Gasteiger partial charge in [0.15, 0.2) is 0 Å². The van der Waals surface area contributed by atoms with E-state index in [2.05, 4.69) is 5.10 Å². The summed E-state index contributed by atoms with van der Waals surface area (Å²) in [6, 6.07) is 7.55. The number of hydrogen-bond acceptors (Lipinski definition) is 3. The van der Waals surface area contributed by atoms with Gasteiger partial charge in [-0.05, 0) is 37.1 Å². The van der Waals surface area contributed by atoms with Gasteiger partial charge in [0.2, 0.25) is 0 Å². The van der Waals surface area contributed by atoms with Crippen LogP contribution in [0, 0.1) is 0 Å². The van der Waals surface area contributed by atoms with Crippen LogP contribution in [0.5, 0.6) is 5.75 Å². The maximum atomic E-state index is 9.46. The third-order valence-electron chi connectivity index (χ3n) is 3.05. The van der Waals surface area contributed by atoms with Gasteiger partial charge in [0, 0.05) is 5.56 Å². The molecular formula is C15H19ClN2O2. The highest BCUT2D eigenvalue weighted by Crippen LogP contribution is 2.28. The lowest BCUT2D eigenvalue weighted by atomic mass is 10.1. The molecule has 0 spiro atoms. The fourth-order valence-electron chi connectivity index (χ4n) is 2.08. The molecule has 0 atom stereocenters. The molecular weight excluding hydrogens is 276 g/mol. The largest absolute Gasteiger partial charge is 0.494 e. The van der Waals surface area contributed by atoms with Crippen molar-refractivity contribution in [1.82, 2.24) is 9.78 Å². The van der Waals surface area contributed by atoms with Gasteiger partial charge in [-0.2, -0.15) is 5.10 Å². The summed E-state index contributed by atoms with van der Waals surface area (Å²) in [6.07, 6.45) is 0. The molecule has 0 amide bonds. The number of aromatic nitrogens is 2. The molecule has 0 radical (unpaired) electrons. The first-order valence-corrected chi connectivity index (χ1v) is 7.07. The lowest BCUT2D eigenvalue weighted by Gasteiger charge is -2.06. The molecule has 108 valence electrons. The Morgan fingerprint density at radius 1 is 1.30 bits per heavy atom. The molecule has 20 heavy (non-hydrogen) atoms. The molecule has 1 aromatic carbocycles. The van der Waals surface area contributed by atoms with Crippen molar-refractivity contribution in [3.05, 3.63) is 40.7 Å². The lowest BCUT2D eigenvalue weighted by molar-refractivity contribution is 0.280. The summed E-state index contributed by atoms with van der Waals surface area (Å²) in [4.78, 5) is 0. The van der Waals surface area contributed by atoms with Crippen LogP contribution in [0.4, 0.5) is 0 Å². The molecule has 5 heteroatoms. The molecule has 0 aliphatic heterocycles. The SMILES string of the molecule is CCOc1ccc(-n2nc(C(C)C)c(CO)c2Cl)cc1. The van der Waals surface area contributed by atoms with E-state index in [0.717, 1.165) is 17.1 Å². The van der Waals surface area contributed by atoms with Crippen LogP contribution in [0.2, 0.25) is 5.15 Å². The fraction of sp³-hybridized carbons (Fsp3) is 0.400. The Morgan fingerprint density at radius 3 is 2.40 bits per heavy atom. The van der Waals surface area contributed by atoms with Gasteiger partial charge in [-0.25, -0.2) is 4.68 Å². The average molecular weight is 295 g/mol. The monoisotopic (exact) mass is 294 g/mol. The zero-order chi connectivity index (χ0) is 14.7. The molecule has 2 rings (SSSR count). The van der Waals surface area contributed by atoms with Crippen LogP contribution >= 0.6 is 11.6 Å². The molecule has 1 aromatic heterocycles. The number of rotatable bonds is 5. The second kappa shape index (κ2) is 6.29. The maximum Gasteiger partial charge on any atom is 0.138 e. The van der Waals surface area contributed by atoms with E-state index in [1.807, 2.05) is 45.0 Å². The number of ether oxygens (including phenoxy) is 1. The molecule has 1 N–H and O–H groups in total. The Morgan fingerprint density at radius 2 is 1.95 bits per heavy atom. The van der Waals surface area contributed by atoms with Crippen LogP contribution in [0.15, 0.2) is 24.3 Å². The molecule has 0 aliphatic carbocycles. The topological polar surface area (TPSA) is 47.3 Å². The summed E-state index contributed by atoms with van der Waals surface area (Å²) < 4.78 is 7.06. The normalized spacial score (nSPS) is 11.1. The molecule has 0 aliphatic rings. The number of aliphatic hydroxyl groups is 1. The second-order valence-electron chi connectivity index (χ2n) is 4.81. The van der Waals surface area contributed by atoms with Crippen LogP contribution in [0.25, 0.3) is 5.69 Å². The summed E-state index contributed by atoms with van der Waals surface area (Å²) in [7, 11) is 0. The Bertz CT molecular complexity index is 576. The van der Waals surface area contributed by atoms with Crippen LogP contribution < -0.4 is 4.74 Å². The number of benzene rings is 1. The molecule has 0 unspecified atom stereocenters. The number of nitrogens with zero attached hydrogens (tertiary/aromatic N) is 2. The maximum absolute atomic E-state index is 9.46. The first kappa shape index (κ1) is 14.9. The fourth-order valence-corrected chi connectivity index (χ4v) is 2.37. The second-order valence-corrected chi connectivity index (χ2v) is 5.16. The highest BCUT2D eigenvalue weighted by atomic mass is 35.5. The summed E-state index contributed by atoms with van der Waals surface area (Å²) in [5.74, 6) is 1.02. The smallest absolute Gasteiger partial charge is 0.138 e. The van der Waals surface area contributed by atoms with Crippen molar-refractivity contribution in [2.24, 2.45) is 0 Å². The minimum atomic E-state index is -0.108. The van der Waals surface area contributed by atoms with Crippen molar-refractivity contribution in [3.63, 3.8) is 0 Å². The Labute approximate surface area is 123 Å². The van der Waals surface area contributed by atoms with Crippen molar-refractivity contribution < 1.29 is 9.84 Å². The standard InChI is InChI=1S/C15H19ClN2O2/c1-4-20-12-7-5-11(6-8-12)18-15(16)13(9-19)14(17-18)10(2)3/h5-8,10,19H,4,9H2,1-3H3. The van der Waals surface area contributed by atoms with E-state index < -0.39 is 0 Å². The summed E-state index contributed by atoms with van der Waals surface area (Å²) in [5.41, 5.74) is 2.36. The minimum Gasteiger partial charge on any atom is -0.494 e.